The van der Waals surface area contributed by atoms with Crippen LogP contribution in [0.3, 0.4) is 0 Å². The molecule has 1 fully saturated rings. The van der Waals surface area contributed by atoms with Crippen molar-refractivity contribution in [2.45, 2.75) is 32.7 Å². The first-order chi connectivity index (χ1) is 14.6. The fourth-order valence-electron chi connectivity index (χ4n) is 3.94. The number of hydrogen-bond acceptors (Lipinski definition) is 5. The Balaban J connectivity index is 1.57. The topological polar surface area (TPSA) is 70.7 Å². The summed E-state index contributed by atoms with van der Waals surface area (Å²) in [6.07, 6.45) is 2.18. The molecule has 0 radical (unpaired) electrons. The second-order valence-electron chi connectivity index (χ2n) is 7.51. The van der Waals surface area contributed by atoms with Gasteiger partial charge in [0.05, 0.1) is 18.1 Å². The molecule has 1 aromatic carbocycles. The van der Waals surface area contributed by atoms with Crippen LogP contribution >= 0.6 is 11.3 Å². The highest BCUT2D eigenvalue weighted by Gasteiger charge is 2.27. The Kier molecular flexibility index (Phi) is 8.42. The zero-order valence-electron chi connectivity index (χ0n) is 17.7. The second-order valence-corrected chi connectivity index (χ2v) is 8.46. The average Bonchev–Trinajstić information content (AvgIpc) is 3.33. The van der Waals surface area contributed by atoms with E-state index in [1.54, 1.807) is 30.3 Å². The standard InChI is InChI=1S/C23H31N3O3S/c1-3-17(4-2)20(26-11-13-29-14-12-26)16-24-22(27)18-7-9-19(10-8-18)25-23(28)21-6-5-15-30-21/h5-10,15,17,20H,3-4,11-14,16H2,1-2H3,(H,24,27)(H,25,28). The Morgan fingerprint density at radius 2 is 1.77 bits per heavy atom. The molecule has 6 nitrogen and oxygen atoms in total. The molecule has 1 aliphatic heterocycles. The summed E-state index contributed by atoms with van der Waals surface area (Å²) < 4.78 is 5.50. The normalized spacial score (nSPS) is 15.7. The summed E-state index contributed by atoms with van der Waals surface area (Å²) in [5.41, 5.74) is 1.27. The molecule has 2 heterocycles. The number of carbonyl (C=O) groups is 2. The number of benzene rings is 1. The highest BCUT2D eigenvalue weighted by Crippen LogP contribution is 2.20. The van der Waals surface area contributed by atoms with E-state index in [0.717, 1.165) is 39.1 Å². The van der Waals surface area contributed by atoms with Crippen molar-refractivity contribution in [2.75, 3.05) is 38.2 Å². The molecule has 162 valence electrons. The second kappa shape index (κ2) is 11.2. The molecule has 1 aromatic heterocycles. The first-order valence-electron chi connectivity index (χ1n) is 10.7. The average molecular weight is 430 g/mol. The van der Waals surface area contributed by atoms with Crippen molar-refractivity contribution in [1.29, 1.82) is 0 Å². The van der Waals surface area contributed by atoms with Crippen LogP contribution in [0.4, 0.5) is 5.69 Å². The first kappa shape index (κ1) is 22.5. The van der Waals surface area contributed by atoms with Crippen molar-refractivity contribution in [1.82, 2.24) is 10.2 Å². The Morgan fingerprint density at radius 3 is 2.37 bits per heavy atom. The maximum absolute atomic E-state index is 12.7. The number of nitrogens with zero attached hydrogens (tertiary/aromatic N) is 1. The molecule has 7 heteroatoms. The number of hydrogen-bond donors (Lipinski definition) is 2. The van der Waals surface area contributed by atoms with Gasteiger partial charge in [-0.2, -0.15) is 0 Å². The van der Waals surface area contributed by atoms with Crippen LogP contribution in [-0.2, 0) is 4.74 Å². The molecular formula is C23H31N3O3S. The monoisotopic (exact) mass is 429 g/mol. The van der Waals surface area contributed by atoms with Crippen LogP contribution in [-0.4, -0.2) is 55.6 Å². The molecule has 3 rings (SSSR count). The summed E-state index contributed by atoms with van der Waals surface area (Å²) in [4.78, 5) is 28.0. The highest BCUT2D eigenvalue weighted by molar-refractivity contribution is 7.12. The Morgan fingerprint density at radius 1 is 1.07 bits per heavy atom. The Bertz CT molecular complexity index is 798. The molecule has 1 atom stereocenters. The van der Waals surface area contributed by atoms with Gasteiger partial charge in [-0.1, -0.05) is 32.8 Å². The lowest BCUT2D eigenvalue weighted by Gasteiger charge is -2.38. The van der Waals surface area contributed by atoms with Crippen molar-refractivity contribution in [3.63, 3.8) is 0 Å². The third-order valence-electron chi connectivity index (χ3n) is 5.73. The molecule has 1 aliphatic rings. The fraction of sp³-hybridized carbons (Fsp3) is 0.478. The van der Waals surface area contributed by atoms with Crippen molar-refractivity contribution in [2.24, 2.45) is 5.92 Å². The molecule has 1 unspecified atom stereocenters. The van der Waals surface area contributed by atoms with Crippen LogP contribution in [0, 0.1) is 5.92 Å². The van der Waals surface area contributed by atoms with Gasteiger partial charge in [0.15, 0.2) is 0 Å². The summed E-state index contributed by atoms with van der Waals surface area (Å²) >= 11 is 1.40. The van der Waals surface area contributed by atoms with Gasteiger partial charge in [0, 0.05) is 36.9 Å². The molecule has 1 saturated heterocycles. The smallest absolute Gasteiger partial charge is 0.265 e. The number of amides is 2. The van der Waals surface area contributed by atoms with E-state index in [1.807, 2.05) is 11.4 Å². The van der Waals surface area contributed by atoms with Crippen molar-refractivity contribution < 1.29 is 14.3 Å². The summed E-state index contributed by atoms with van der Waals surface area (Å²) in [5.74, 6) is 0.314. The quantitative estimate of drug-likeness (QED) is 0.635. The minimum atomic E-state index is -0.138. The van der Waals surface area contributed by atoms with E-state index < -0.39 is 0 Å². The van der Waals surface area contributed by atoms with E-state index in [2.05, 4.69) is 29.4 Å². The summed E-state index contributed by atoms with van der Waals surface area (Å²) in [5, 5.41) is 7.85. The molecule has 0 bridgehead atoms. The molecular weight excluding hydrogens is 398 g/mol. The van der Waals surface area contributed by atoms with E-state index >= 15 is 0 Å². The van der Waals surface area contributed by atoms with Gasteiger partial charge in [0.1, 0.15) is 0 Å². The van der Waals surface area contributed by atoms with Crippen LogP contribution in [0.15, 0.2) is 41.8 Å². The number of thiophene rings is 1. The lowest BCUT2D eigenvalue weighted by molar-refractivity contribution is 0.00191. The molecule has 2 N–H and O–H groups in total. The Hall–Kier alpha value is -2.22. The van der Waals surface area contributed by atoms with Crippen LogP contribution < -0.4 is 10.6 Å². The predicted molar refractivity (Wildman–Crippen MR) is 121 cm³/mol. The van der Waals surface area contributed by atoms with Crippen molar-refractivity contribution in [3.8, 4) is 0 Å². The number of morpholine rings is 1. The minimum Gasteiger partial charge on any atom is -0.379 e. The molecule has 30 heavy (non-hydrogen) atoms. The predicted octanol–water partition coefficient (Wildman–Crippen LogP) is 3.87. The van der Waals surface area contributed by atoms with Crippen molar-refractivity contribution >= 4 is 28.8 Å². The summed E-state index contributed by atoms with van der Waals surface area (Å²) in [6, 6.07) is 11.0. The molecule has 2 amide bonds. The molecule has 2 aromatic rings. The summed E-state index contributed by atoms with van der Waals surface area (Å²) in [6.45, 7) is 8.39. The third kappa shape index (κ3) is 5.90. The maximum Gasteiger partial charge on any atom is 0.265 e. The van der Waals surface area contributed by atoms with Crippen molar-refractivity contribution in [3.05, 3.63) is 52.2 Å². The van der Waals surface area contributed by atoms with Crippen LogP contribution in [0.25, 0.3) is 0 Å². The van der Waals surface area contributed by atoms with Gasteiger partial charge in [-0.25, -0.2) is 0 Å². The molecule has 0 spiro atoms. The van der Waals surface area contributed by atoms with Gasteiger partial charge in [0.25, 0.3) is 11.8 Å². The molecule has 0 saturated carbocycles. The zero-order chi connectivity index (χ0) is 21.3. The number of nitrogens with one attached hydrogen (secondary N) is 2. The molecule has 0 aliphatic carbocycles. The number of ether oxygens (including phenoxy) is 1. The first-order valence-corrected chi connectivity index (χ1v) is 11.5. The largest absolute Gasteiger partial charge is 0.379 e. The van der Waals surface area contributed by atoms with Gasteiger partial charge in [-0.3, -0.25) is 14.5 Å². The number of rotatable bonds is 9. The van der Waals surface area contributed by atoms with E-state index in [0.29, 0.717) is 34.6 Å². The summed E-state index contributed by atoms with van der Waals surface area (Å²) in [7, 11) is 0. The highest BCUT2D eigenvalue weighted by atomic mass is 32.1. The van der Waals surface area contributed by atoms with Crippen LogP contribution in [0.1, 0.15) is 46.7 Å². The van der Waals surface area contributed by atoms with E-state index in [4.69, 9.17) is 4.74 Å². The van der Waals surface area contributed by atoms with Crippen LogP contribution in [0.5, 0.6) is 0 Å². The van der Waals surface area contributed by atoms with E-state index in [-0.39, 0.29) is 11.8 Å². The fourth-order valence-corrected chi connectivity index (χ4v) is 4.56. The lowest BCUT2D eigenvalue weighted by atomic mass is 9.92. The van der Waals surface area contributed by atoms with Gasteiger partial charge in [0.2, 0.25) is 0 Å². The van der Waals surface area contributed by atoms with Crippen LogP contribution in [0.2, 0.25) is 0 Å². The SMILES string of the molecule is CCC(CC)C(CNC(=O)c1ccc(NC(=O)c2cccs2)cc1)N1CCOCC1. The third-order valence-corrected chi connectivity index (χ3v) is 6.60. The van der Waals surface area contributed by atoms with Gasteiger partial charge in [-0.05, 0) is 41.6 Å². The number of anilines is 1. The maximum atomic E-state index is 12.7. The van der Waals surface area contributed by atoms with E-state index in [9.17, 15) is 9.59 Å². The zero-order valence-corrected chi connectivity index (χ0v) is 18.5. The van der Waals surface area contributed by atoms with Gasteiger partial charge < -0.3 is 15.4 Å². The lowest BCUT2D eigenvalue weighted by Crippen LogP contribution is -2.52. The van der Waals surface area contributed by atoms with Gasteiger partial charge in [-0.15, -0.1) is 11.3 Å². The minimum absolute atomic E-state index is 0.0876. The number of carbonyl (C=O) groups excluding carboxylic acids is 2. The van der Waals surface area contributed by atoms with Gasteiger partial charge >= 0.3 is 0 Å². The Labute approximate surface area is 182 Å². The van der Waals surface area contributed by atoms with E-state index in [1.165, 1.54) is 11.3 Å².